The average Bonchev–Trinajstić information content (AvgIpc) is 2.89. The molecule has 22 heavy (non-hydrogen) atoms. The molecule has 0 radical (unpaired) electrons. The van der Waals surface area contributed by atoms with Gasteiger partial charge in [0.05, 0.1) is 4.70 Å². The predicted octanol–water partition coefficient (Wildman–Crippen LogP) is 4.22. The van der Waals surface area contributed by atoms with Crippen LogP contribution in [0.5, 0.6) is 5.75 Å². The third kappa shape index (κ3) is 3.42. The van der Waals surface area contributed by atoms with Crippen LogP contribution in [0.2, 0.25) is 0 Å². The number of fused-ring (bicyclic) bond motifs is 1. The van der Waals surface area contributed by atoms with Gasteiger partial charge in [0.2, 0.25) is 0 Å². The van der Waals surface area contributed by atoms with Gasteiger partial charge in [-0.2, -0.15) is 0 Å². The summed E-state index contributed by atoms with van der Waals surface area (Å²) in [6.45, 7) is -0.144. The van der Waals surface area contributed by atoms with E-state index in [1.165, 1.54) is 17.4 Å². The van der Waals surface area contributed by atoms with Gasteiger partial charge in [-0.1, -0.05) is 39.4 Å². The molecule has 0 atom stereocenters. The van der Waals surface area contributed by atoms with Crippen molar-refractivity contribution in [1.29, 1.82) is 0 Å². The zero-order valence-corrected chi connectivity index (χ0v) is 13.6. The lowest BCUT2D eigenvalue weighted by Crippen LogP contribution is -2.20. The average molecular weight is 381 g/mol. The summed E-state index contributed by atoms with van der Waals surface area (Å²) in [6, 6.07) is 11.9. The molecule has 2 aromatic carbocycles. The Morgan fingerprint density at radius 3 is 2.91 bits per heavy atom. The summed E-state index contributed by atoms with van der Waals surface area (Å²) >= 11 is 4.54. The van der Waals surface area contributed by atoms with Crippen LogP contribution in [-0.2, 0) is 4.79 Å². The van der Waals surface area contributed by atoms with Gasteiger partial charge < -0.3 is 4.74 Å². The Labute approximate surface area is 138 Å². The fourth-order valence-electron chi connectivity index (χ4n) is 1.83. The first-order valence-corrected chi connectivity index (χ1v) is 7.96. The molecule has 0 aliphatic rings. The molecule has 0 bridgehead atoms. The molecule has 4 nitrogen and oxygen atoms in total. The number of carbonyl (C=O) groups excluding carboxylic acids is 1. The molecule has 0 aliphatic carbocycles. The number of carbonyl (C=O) groups is 1. The first-order valence-electron chi connectivity index (χ1n) is 6.35. The number of hydrogen-bond donors (Lipinski definition) is 1. The summed E-state index contributed by atoms with van der Waals surface area (Å²) in [6.07, 6.45) is 0. The number of amides is 1. The summed E-state index contributed by atoms with van der Waals surface area (Å²) in [5.74, 6) is -0.168. The molecule has 0 aliphatic heterocycles. The largest absolute Gasteiger partial charge is 0.484 e. The van der Waals surface area contributed by atoms with Gasteiger partial charge in [0.25, 0.3) is 5.91 Å². The van der Waals surface area contributed by atoms with Gasteiger partial charge in [-0.3, -0.25) is 10.1 Å². The van der Waals surface area contributed by atoms with Gasteiger partial charge in [0.15, 0.2) is 11.7 Å². The van der Waals surface area contributed by atoms with Crippen molar-refractivity contribution in [2.75, 3.05) is 11.9 Å². The van der Waals surface area contributed by atoms with Crippen molar-refractivity contribution in [3.05, 3.63) is 52.8 Å². The van der Waals surface area contributed by atoms with Crippen LogP contribution in [0.4, 0.5) is 9.52 Å². The van der Waals surface area contributed by atoms with E-state index < -0.39 is 5.82 Å². The molecule has 0 spiro atoms. The van der Waals surface area contributed by atoms with E-state index in [2.05, 4.69) is 26.2 Å². The molecular weight excluding hydrogens is 371 g/mol. The highest BCUT2D eigenvalue weighted by Gasteiger charge is 2.11. The van der Waals surface area contributed by atoms with Gasteiger partial charge in [0.1, 0.15) is 17.1 Å². The van der Waals surface area contributed by atoms with Crippen molar-refractivity contribution >= 4 is 48.5 Å². The fraction of sp³-hybridized carbons (Fsp3) is 0.0667. The van der Waals surface area contributed by atoms with E-state index in [0.29, 0.717) is 15.6 Å². The van der Waals surface area contributed by atoms with Crippen molar-refractivity contribution in [3.8, 4) is 5.75 Å². The lowest BCUT2D eigenvalue weighted by atomic mass is 10.3. The van der Waals surface area contributed by atoms with Crippen molar-refractivity contribution in [3.63, 3.8) is 0 Å². The fourth-order valence-corrected chi connectivity index (χ4v) is 3.10. The number of anilines is 1. The number of nitrogens with one attached hydrogen (secondary N) is 1. The first-order chi connectivity index (χ1) is 10.6. The highest BCUT2D eigenvalue weighted by Crippen LogP contribution is 2.27. The molecule has 3 rings (SSSR count). The molecule has 3 aromatic rings. The van der Waals surface area contributed by atoms with Crippen LogP contribution in [0.3, 0.4) is 0 Å². The normalized spacial score (nSPS) is 10.6. The second-order valence-corrected chi connectivity index (χ2v) is 6.35. The maximum absolute atomic E-state index is 13.5. The Morgan fingerprint density at radius 2 is 2.14 bits per heavy atom. The van der Waals surface area contributed by atoms with E-state index in [1.807, 2.05) is 12.1 Å². The molecule has 0 unspecified atom stereocenters. The van der Waals surface area contributed by atoms with Crippen molar-refractivity contribution < 1.29 is 13.9 Å². The van der Waals surface area contributed by atoms with E-state index in [0.717, 1.165) is 4.47 Å². The summed E-state index contributed by atoms with van der Waals surface area (Å²) < 4.78 is 20.5. The van der Waals surface area contributed by atoms with Gasteiger partial charge in [-0.05, 0) is 30.3 Å². The van der Waals surface area contributed by atoms with Gasteiger partial charge in [0, 0.05) is 4.47 Å². The van der Waals surface area contributed by atoms with E-state index >= 15 is 0 Å². The maximum atomic E-state index is 13.5. The van der Waals surface area contributed by atoms with Crippen molar-refractivity contribution in [1.82, 2.24) is 4.98 Å². The van der Waals surface area contributed by atoms with Gasteiger partial charge in [-0.25, -0.2) is 9.37 Å². The Balaban J connectivity index is 1.64. The predicted molar refractivity (Wildman–Crippen MR) is 87.8 cm³/mol. The van der Waals surface area contributed by atoms with Crippen LogP contribution in [0.15, 0.2) is 46.9 Å². The van der Waals surface area contributed by atoms with E-state index in [4.69, 9.17) is 4.74 Å². The van der Waals surface area contributed by atoms with Gasteiger partial charge >= 0.3 is 0 Å². The van der Waals surface area contributed by atoms with Gasteiger partial charge in [-0.15, -0.1) is 0 Å². The quantitative estimate of drug-likeness (QED) is 0.737. The second kappa shape index (κ2) is 6.41. The summed E-state index contributed by atoms with van der Waals surface area (Å²) in [5, 5.41) is 2.96. The van der Waals surface area contributed by atoms with Crippen LogP contribution >= 0.6 is 27.3 Å². The number of halogens is 2. The standard InChI is InChI=1S/C15H10BrFN2O2S/c16-9-3-1-4-10(7-9)21-8-13(20)18-15-19-14-11(17)5-2-6-12(14)22-15/h1-7H,8H2,(H,18,19,20). The molecule has 1 aromatic heterocycles. The zero-order chi connectivity index (χ0) is 15.5. The number of nitrogens with zero attached hydrogens (tertiary/aromatic N) is 1. The molecule has 0 fully saturated rings. The first kappa shape index (κ1) is 14.9. The Kier molecular flexibility index (Phi) is 4.35. The number of aromatic nitrogens is 1. The number of benzene rings is 2. The minimum atomic E-state index is -0.403. The smallest absolute Gasteiger partial charge is 0.264 e. The summed E-state index contributed by atoms with van der Waals surface area (Å²) in [5.41, 5.74) is 0.260. The minimum Gasteiger partial charge on any atom is -0.484 e. The molecule has 1 N–H and O–H groups in total. The van der Waals surface area contributed by atoms with E-state index in [1.54, 1.807) is 24.3 Å². The Morgan fingerprint density at radius 1 is 1.32 bits per heavy atom. The van der Waals surface area contributed by atoms with E-state index in [-0.39, 0.29) is 18.0 Å². The lowest BCUT2D eigenvalue weighted by molar-refractivity contribution is -0.118. The highest BCUT2D eigenvalue weighted by atomic mass is 79.9. The third-order valence-corrected chi connectivity index (χ3v) is 4.21. The second-order valence-electron chi connectivity index (χ2n) is 4.40. The molecule has 7 heteroatoms. The SMILES string of the molecule is O=C(COc1cccc(Br)c1)Nc1nc2c(F)cccc2s1. The molecule has 0 saturated heterocycles. The Bertz CT molecular complexity index is 837. The monoisotopic (exact) mass is 380 g/mol. The maximum Gasteiger partial charge on any atom is 0.264 e. The summed E-state index contributed by atoms with van der Waals surface area (Å²) in [4.78, 5) is 15.9. The molecule has 0 saturated carbocycles. The van der Waals surface area contributed by atoms with Crippen LogP contribution in [0, 0.1) is 5.82 Å². The van der Waals surface area contributed by atoms with Crippen LogP contribution in [-0.4, -0.2) is 17.5 Å². The number of hydrogen-bond acceptors (Lipinski definition) is 4. The topological polar surface area (TPSA) is 51.2 Å². The number of ether oxygens (including phenoxy) is 1. The minimum absolute atomic E-state index is 0.144. The Hall–Kier alpha value is -1.99. The molecular formula is C15H10BrFN2O2S. The molecule has 1 heterocycles. The van der Waals surface area contributed by atoms with Crippen LogP contribution in [0.25, 0.3) is 10.2 Å². The van der Waals surface area contributed by atoms with Crippen LogP contribution < -0.4 is 10.1 Å². The number of thiazole rings is 1. The number of para-hydroxylation sites is 1. The third-order valence-electron chi connectivity index (χ3n) is 2.78. The lowest BCUT2D eigenvalue weighted by Gasteiger charge is -2.05. The van der Waals surface area contributed by atoms with Crippen LogP contribution in [0.1, 0.15) is 0 Å². The van der Waals surface area contributed by atoms with E-state index in [9.17, 15) is 9.18 Å². The summed E-state index contributed by atoms with van der Waals surface area (Å²) in [7, 11) is 0. The van der Waals surface area contributed by atoms with Crippen molar-refractivity contribution in [2.24, 2.45) is 0 Å². The molecule has 1 amide bonds. The highest BCUT2D eigenvalue weighted by molar-refractivity contribution is 9.10. The molecule has 112 valence electrons. The van der Waals surface area contributed by atoms with Crippen molar-refractivity contribution in [2.45, 2.75) is 0 Å². The zero-order valence-electron chi connectivity index (χ0n) is 11.2. The number of rotatable bonds is 4.